The van der Waals surface area contributed by atoms with Crippen LogP contribution in [0.4, 0.5) is 0 Å². The summed E-state index contributed by atoms with van der Waals surface area (Å²) < 4.78 is 10.7. The van der Waals surface area contributed by atoms with Gasteiger partial charge in [-0.1, -0.05) is 115 Å². The average molecular weight is 395 g/mol. The number of hydrogen-bond acceptors (Lipinski definition) is 2. The second-order valence-electron chi connectivity index (χ2n) is 8.83. The number of ether oxygens (including phenoxy) is 2. The van der Waals surface area contributed by atoms with Gasteiger partial charge in [0.2, 0.25) is 0 Å². The van der Waals surface area contributed by atoms with Gasteiger partial charge in [-0.15, -0.1) is 6.58 Å². The summed E-state index contributed by atoms with van der Waals surface area (Å²) in [6.07, 6.45) is 30.7. The first-order valence-electron chi connectivity index (χ1n) is 12.7. The Kier molecular flexibility index (Phi) is 19.6. The molecular formula is C26H50O2. The lowest BCUT2D eigenvalue weighted by Gasteiger charge is -2.04. The minimum Gasteiger partial charge on any atom is -0.379 e. The lowest BCUT2D eigenvalue weighted by molar-refractivity contribution is 0.113. The minimum atomic E-state index is 0.424. The van der Waals surface area contributed by atoms with Crippen molar-refractivity contribution >= 4 is 0 Å². The van der Waals surface area contributed by atoms with Crippen molar-refractivity contribution in [3.05, 3.63) is 12.7 Å². The van der Waals surface area contributed by atoms with Gasteiger partial charge in [-0.2, -0.15) is 0 Å². The minimum absolute atomic E-state index is 0.424. The van der Waals surface area contributed by atoms with Gasteiger partial charge in [0.25, 0.3) is 0 Å². The predicted octanol–water partition coefficient (Wildman–Crippen LogP) is 8.39. The third-order valence-corrected chi connectivity index (χ3v) is 5.90. The quantitative estimate of drug-likeness (QED) is 0.0931. The molecule has 0 amide bonds. The molecule has 0 spiro atoms. The Bertz CT molecular complexity index is 312. The number of hydrogen-bond donors (Lipinski definition) is 0. The van der Waals surface area contributed by atoms with Crippen molar-refractivity contribution in [3.8, 4) is 0 Å². The fraction of sp³-hybridized carbons (Fsp3) is 0.923. The first-order chi connectivity index (χ1) is 13.9. The van der Waals surface area contributed by atoms with Crippen LogP contribution in [-0.4, -0.2) is 25.9 Å². The molecule has 0 radical (unpaired) electrons. The number of rotatable bonds is 24. The van der Waals surface area contributed by atoms with Gasteiger partial charge in [0.05, 0.1) is 13.2 Å². The van der Waals surface area contributed by atoms with Crippen LogP contribution in [0.15, 0.2) is 12.7 Å². The van der Waals surface area contributed by atoms with Crippen LogP contribution < -0.4 is 0 Å². The molecule has 0 bridgehead atoms. The van der Waals surface area contributed by atoms with E-state index in [-0.39, 0.29) is 0 Å². The van der Waals surface area contributed by atoms with Crippen LogP contribution >= 0.6 is 0 Å². The van der Waals surface area contributed by atoms with Gasteiger partial charge in [0, 0.05) is 6.61 Å². The van der Waals surface area contributed by atoms with Crippen molar-refractivity contribution in [1.82, 2.24) is 0 Å². The van der Waals surface area contributed by atoms with Gasteiger partial charge >= 0.3 is 0 Å². The van der Waals surface area contributed by atoms with Crippen LogP contribution in [0.2, 0.25) is 0 Å². The Morgan fingerprint density at radius 1 is 0.607 bits per heavy atom. The standard InChI is InChI=1S/C26H50O2/c1-2-3-4-5-6-7-8-9-10-11-12-13-14-15-16-17-18-19-20-21-22-23-27-24-26-25-28-26/h2,26H,1,3-25H2. The third kappa shape index (κ3) is 20.4. The molecule has 0 saturated carbocycles. The van der Waals surface area contributed by atoms with Gasteiger partial charge < -0.3 is 9.47 Å². The highest BCUT2D eigenvalue weighted by Crippen LogP contribution is 2.15. The molecule has 2 nitrogen and oxygen atoms in total. The SMILES string of the molecule is C=CCCCCCCCCCCCCCCCCCCCCCOCC1CO1. The molecule has 1 aliphatic heterocycles. The topological polar surface area (TPSA) is 21.8 Å². The molecule has 166 valence electrons. The summed E-state index contributed by atoms with van der Waals surface area (Å²) in [6, 6.07) is 0. The summed E-state index contributed by atoms with van der Waals surface area (Å²) in [7, 11) is 0. The van der Waals surface area contributed by atoms with Crippen molar-refractivity contribution in [2.24, 2.45) is 0 Å². The summed E-state index contributed by atoms with van der Waals surface area (Å²) in [4.78, 5) is 0. The zero-order valence-corrected chi connectivity index (χ0v) is 18.9. The third-order valence-electron chi connectivity index (χ3n) is 5.90. The summed E-state index contributed by atoms with van der Waals surface area (Å²) in [6.45, 7) is 6.44. The number of epoxide rings is 1. The molecule has 1 fully saturated rings. The van der Waals surface area contributed by atoms with E-state index < -0.39 is 0 Å². The second-order valence-corrected chi connectivity index (χ2v) is 8.83. The first kappa shape index (κ1) is 25.7. The summed E-state index contributed by atoms with van der Waals surface area (Å²) >= 11 is 0. The average Bonchev–Trinajstić information content (AvgIpc) is 3.53. The lowest BCUT2D eigenvalue weighted by Crippen LogP contribution is -2.02. The molecule has 28 heavy (non-hydrogen) atoms. The van der Waals surface area contributed by atoms with E-state index in [1.54, 1.807) is 0 Å². The smallest absolute Gasteiger partial charge is 0.104 e. The molecule has 1 rings (SSSR count). The van der Waals surface area contributed by atoms with Crippen molar-refractivity contribution in [2.45, 2.75) is 135 Å². The molecule has 2 heteroatoms. The van der Waals surface area contributed by atoms with Gasteiger partial charge in [0.15, 0.2) is 0 Å². The molecule has 1 aliphatic rings. The van der Waals surface area contributed by atoms with E-state index in [1.165, 1.54) is 128 Å². The first-order valence-corrected chi connectivity index (χ1v) is 12.7. The molecule has 0 N–H and O–H groups in total. The maximum atomic E-state index is 5.57. The van der Waals surface area contributed by atoms with Crippen molar-refractivity contribution in [2.75, 3.05) is 19.8 Å². The molecule has 1 saturated heterocycles. The maximum Gasteiger partial charge on any atom is 0.104 e. The maximum absolute atomic E-state index is 5.57. The Balaban J connectivity index is 1.59. The van der Waals surface area contributed by atoms with Crippen molar-refractivity contribution in [1.29, 1.82) is 0 Å². The predicted molar refractivity (Wildman–Crippen MR) is 123 cm³/mol. The molecule has 0 aromatic carbocycles. The molecule has 1 atom stereocenters. The summed E-state index contributed by atoms with van der Waals surface area (Å²) in [5.41, 5.74) is 0. The monoisotopic (exact) mass is 394 g/mol. The van der Waals surface area contributed by atoms with Crippen LogP contribution in [-0.2, 0) is 9.47 Å². The molecule has 1 unspecified atom stereocenters. The zero-order valence-electron chi connectivity index (χ0n) is 18.9. The van der Waals surface area contributed by atoms with Gasteiger partial charge in [0.1, 0.15) is 6.10 Å². The second kappa shape index (κ2) is 21.4. The summed E-state index contributed by atoms with van der Waals surface area (Å²) in [5.74, 6) is 0. The molecule has 0 aromatic heterocycles. The van der Waals surface area contributed by atoms with Gasteiger partial charge in [-0.05, 0) is 19.3 Å². The van der Waals surface area contributed by atoms with Crippen LogP contribution in [0.1, 0.15) is 128 Å². The fourth-order valence-electron chi connectivity index (χ4n) is 3.88. The van der Waals surface area contributed by atoms with E-state index in [0.717, 1.165) is 19.8 Å². The highest BCUT2D eigenvalue weighted by molar-refractivity contribution is 4.67. The Morgan fingerprint density at radius 3 is 1.32 bits per heavy atom. The van der Waals surface area contributed by atoms with Crippen LogP contribution in [0.5, 0.6) is 0 Å². The Morgan fingerprint density at radius 2 is 0.964 bits per heavy atom. The molecule has 0 aliphatic carbocycles. The van der Waals surface area contributed by atoms with Crippen LogP contribution in [0, 0.1) is 0 Å². The highest BCUT2D eigenvalue weighted by Gasteiger charge is 2.21. The van der Waals surface area contributed by atoms with E-state index in [9.17, 15) is 0 Å². The molecule has 1 heterocycles. The largest absolute Gasteiger partial charge is 0.379 e. The Labute approximate surface area is 176 Å². The number of unbranched alkanes of at least 4 members (excludes halogenated alkanes) is 19. The Hall–Kier alpha value is -0.340. The van der Waals surface area contributed by atoms with E-state index in [2.05, 4.69) is 6.58 Å². The van der Waals surface area contributed by atoms with E-state index in [0.29, 0.717) is 6.10 Å². The van der Waals surface area contributed by atoms with Crippen LogP contribution in [0.25, 0.3) is 0 Å². The molecule has 0 aromatic rings. The van der Waals surface area contributed by atoms with E-state index in [1.807, 2.05) is 6.08 Å². The van der Waals surface area contributed by atoms with Crippen molar-refractivity contribution < 1.29 is 9.47 Å². The lowest BCUT2D eigenvalue weighted by atomic mass is 10.0. The van der Waals surface area contributed by atoms with Crippen molar-refractivity contribution in [3.63, 3.8) is 0 Å². The van der Waals surface area contributed by atoms with Gasteiger partial charge in [-0.3, -0.25) is 0 Å². The zero-order chi connectivity index (χ0) is 20.0. The van der Waals surface area contributed by atoms with Crippen LogP contribution in [0.3, 0.4) is 0 Å². The van der Waals surface area contributed by atoms with Gasteiger partial charge in [-0.25, -0.2) is 0 Å². The molecular weight excluding hydrogens is 344 g/mol. The van der Waals surface area contributed by atoms with E-state index >= 15 is 0 Å². The normalized spacial score (nSPS) is 15.8. The number of allylic oxidation sites excluding steroid dienone is 1. The highest BCUT2D eigenvalue weighted by atomic mass is 16.6. The van der Waals surface area contributed by atoms with E-state index in [4.69, 9.17) is 9.47 Å². The summed E-state index contributed by atoms with van der Waals surface area (Å²) in [5, 5.41) is 0. The fourth-order valence-corrected chi connectivity index (χ4v) is 3.88.